The lowest BCUT2D eigenvalue weighted by atomic mass is 10.0. The number of hydrogen-bond acceptors (Lipinski definition) is 15. The molecule has 19 heteroatoms. The van der Waals surface area contributed by atoms with Gasteiger partial charge in [-0.25, -0.2) is 9.13 Å². The van der Waals surface area contributed by atoms with Crippen molar-refractivity contribution in [3.05, 3.63) is 0 Å². The van der Waals surface area contributed by atoms with Gasteiger partial charge in [0.15, 0.2) is 12.2 Å². The molecule has 0 aliphatic rings. The predicted molar refractivity (Wildman–Crippen MR) is 298 cm³/mol. The molecular formula is C57H110O17P2. The van der Waals surface area contributed by atoms with Gasteiger partial charge in [0.2, 0.25) is 0 Å². The minimum absolute atomic E-state index is 0.102. The Kier molecular flexibility index (Phi) is 49.9. The second-order valence-corrected chi connectivity index (χ2v) is 24.1. The molecule has 0 heterocycles. The molecule has 450 valence electrons. The van der Waals surface area contributed by atoms with Gasteiger partial charge < -0.3 is 33.8 Å². The number of phosphoric ester groups is 2. The Labute approximate surface area is 460 Å². The van der Waals surface area contributed by atoms with Crippen LogP contribution in [0.25, 0.3) is 0 Å². The zero-order chi connectivity index (χ0) is 56.4. The van der Waals surface area contributed by atoms with Gasteiger partial charge in [0.25, 0.3) is 0 Å². The number of aliphatic hydroxyl groups excluding tert-OH is 1. The molecule has 17 nitrogen and oxygen atoms in total. The fourth-order valence-electron chi connectivity index (χ4n) is 8.34. The van der Waals surface area contributed by atoms with Crippen molar-refractivity contribution in [2.45, 2.75) is 297 Å². The van der Waals surface area contributed by atoms with Crippen LogP contribution in [0, 0.1) is 5.92 Å². The van der Waals surface area contributed by atoms with Crippen LogP contribution in [0.3, 0.4) is 0 Å². The van der Waals surface area contributed by atoms with Crippen LogP contribution in [-0.4, -0.2) is 96.7 Å². The quantitative estimate of drug-likeness (QED) is 0.0222. The van der Waals surface area contributed by atoms with Gasteiger partial charge in [-0.1, -0.05) is 227 Å². The lowest BCUT2D eigenvalue weighted by Gasteiger charge is -2.21. The third kappa shape index (κ3) is 51.5. The molecule has 0 rings (SSSR count). The number of ether oxygens (including phenoxy) is 4. The first-order chi connectivity index (χ1) is 36.5. The second-order valence-electron chi connectivity index (χ2n) is 21.2. The number of carbonyl (C=O) groups is 4. The molecule has 0 aromatic rings. The minimum atomic E-state index is -4.93. The van der Waals surface area contributed by atoms with E-state index in [-0.39, 0.29) is 25.7 Å². The number of unbranched alkanes of at least 4 members (excludes halogenated alkanes) is 29. The Balaban J connectivity index is 5.21. The molecule has 0 aliphatic carbocycles. The standard InChI is InChI=1S/C57H110O17P2/c1-6-9-12-15-18-20-22-25-31-36-41-55(60)68-47-52(73-56(61)42-37-32-26-23-21-19-16-13-10-7-2)48-71-75(63,64)69-44-51(58)45-70-76(65,66)72-49-53(46-67-54(59)40-35-30-24-17-14-11-8-3)74-57(62)43-38-33-28-27-29-34-39-50(4)5/h50-53,58H,6-49H2,1-5H3,(H,63,64)(H,65,66)/t51-,52-,53-/m1/s1. The van der Waals surface area contributed by atoms with Gasteiger partial charge in [0.05, 0.1) is 26.4 Å². The molecule has 0 fully saturated rings. The van der Waals surface area contributed by atoms with E-state index in [1.807, 2.05) is 0 Å². The van der Waals surface area contributed by atoms with Crippen LogP contribution in [0.2, 0.25) is 0 Å². The van der Waals surface area contributed by atoms with E-state index >= 15 is 0 Å². The van der Waals surface area contributed by atoms with Crippen molar-refractivity contribution in [2.75, 3.05) is 39.6 Å². The van der Waals surface area contributed by atoms with Crippen LogP contribution in [0.5, 0.6) is 0 Å². The number of esters is 4. The van der Waals surface area contributed by atoms with Crippen LogP contribution < -0.4 is 0 Å². The lowest BCUT2D eigenvalue weighted by Crippen LogP contribution is -2.30. The summed E-state index contributed by atoms with van der Waals surface area (Å²) in [6.07, 6.45) is 32.3. The molecule has 5 atom stereocenters. The van der Waals surface area contributed by atoms with E-state index in [2.05, 4.69) is 34.6 Å². The predicted octanol–water partition coefficient (Wildman–Crippen LogP) is 15.1. The van der Waals surface area contributed by atoms with Gasteiger partial charge >= 0.3 is 39.5 Å². The van der Waals surface area contributed by atoms with Crippen molar-refractivity contribution in [1.29, 1.82) is 0 Å². The van der Waals surface area contributed by atoms with Gasteiger partial charge in [-0.15, -0.1) is 0 Å². The van der Waals surface area contributed by atoms with E-state index in [1.54, 1.807) is 0 Å². The summed E-state index contributed by atoms with van der Waals surface area (Å²) in [5.74, 6) is -1.48. The molecule has 2 unspecified atom stereocenters. The molecule has 0 aromatic carbocycles. The summed E-state index contributed by atoms with van der Waals surface area (Å²) in [5.41, 5.74) is 0. The summed E-state index contributed by atoms with van der Waals surface area (Å²) < 4.78 is 67.5. The zero-order valence-electron chi connectivity index (χ0n) is 48.4. The number of rotatable bonds is 57. The Hall–Kier alpha value is -1.94. The normalized spacial score (nSPS) is 14.4. The fraction of sp³-hybridized carbons (Fsp3) is 0.930. The Morgan fingerprint density at radius 1 is 0.355 bits per heavy atom. The number of phosphoric acid groups is 2. The van der Waals surface area contributed by atoms with Gasteiger partial charge in [-0.3, -0.25) is 37.3 Å². The molecule has 3 N–H and O–H groups in total. The van der Waals surface area contributed by atoms with Gasteiger partial charge in [0.1, 0.15) is 19.3 Å². The third-order valence-corrected chi connectivity index (χ3v) is 14.9. The molecule has 0 saturated heterocycles. The summed E-state index contributed by atoms with van der Waals surface area (Å²) in [6.45, 7) is 6.99. The Morgan fingerprint density at radius 2 is 0.605 bits per heavy atom. The average molecular weight is 1130 g/mol. The second kappa shape index (κ2) is 51.2. The molecule has 0 bridgehead atoms. The van der Waals surface area contributed by atoms with E-state index in [1.165, 1.54) is 89.9 Å². The summed E-state index contributed by atoms with van der Waals surface area (Å²) in [5, 5.41) is 10.5. The van der Waals surface area contributed by atoms with Crippen LogP contribution in [0.1, 0.15) is 279 Å². The monoisotopic (exact) mass is 1130 g/mol. The molecular weight excluding hydrogens is 1020 g/mol. The fourth-order valence-corrected chi connectivity index (χ4v) is 9.92. The Morgan fingerprint density at radius 3 is 0.895 bits per heavy atom. The van der Waals surface area contributed by atoms with Gasteiger partial charge in [-0.2, -0.15) is 0 Å². The van der Waals surface area contributed by atoms with E-state index in [0.29, 0.717) is 31.6 Å². The topological polar surface area (TPSA) is 237 Å². The molecule has 0 saturated carbocycles. The molecule has 0 aromatic heterocycles. The van der Waals surface area contributed by atoms with Gasteiger partial charge in [0, 0.05) is 25.7 Å². The van der Waals surface area contributed by atoms with E-state index in [9.17, 15) is 43.2 Å². The van der Waals surface area contributed by atoms with Crippen molar-refractivity contribution >= 4 is 39.5 Å². The summed E-state index contributed by atoms with van der Waals surface area (Å²) in [4.78, 5) is 71.7. The van der Waals surface area contributed by atoms with Crippen LogP contribution in [-0.2, 0) is 65.4 Å². The van der Waals surface area contributed by atoms with Crippen LogP contribution >= 0.6 is 15.6 Å². The van der Waals surface area contributed by atoms with Crippen molar-refractivity contribution < 1.29 is 80.2 Å². The zero-order valence-corrected chi connectivity index (χ0v) is 50.2. The highest BCUT2D eigenvalue weighted by molar-refractivity contribution is 7.47. The Bertz CT molecular complexity index is 1500. The first kappa shape index (κ1) is 74.1. The molecule has 0 amide bonds. The van der Waals surface area contributed by atoms with Crippen molar-refractivity contribution in [3.63, 3.8) is 0 Å². The molecule has 76 heavy (non-hydrogen) atoms. The number of aliphatic hydroxyl groups is 1. The number of hydrogen-bond donors (Lipinski definition) is 3. The highest BCUT2D eigenvalue weighted by Gasteiger charge is 2.30. The van der Waals surface area contributed by atoms with Crippen molar-refractivity contribution in [1.82, 2.24) is 0 Å². The van der Waals surface area contributed by atoms with Crippen molar-refractivity contribution in [3.8, 4) is 0 Å². The smallest absolute Gasteiger partial charge is 0.462 e. The minimum Gasteiger partial charge on any atom is -0.462 e. The SMILES string of the molecule is CCCCCCCCCCCCC(=O)OC[C@H](COP(=O)(O)OC[C@@H](O)COP(=O)(O)OC[C@@H](COC(=O)CCCCCCCCC)OC(=O)CCCCCCCCC(C)C)OC(=O)CCCCCCCCCCCC. The third-order valence-electron chi connectivity index (χ3n) is 13.0. The van der Waals surface area contributed by atoms with Gasteiger partial charge in [-0.05, 0) is 31.6 Å². The van der Waals surface area contributed by atoms with Crippen molar-refractivity contribution in [2.24, 2.45) is 5.92 Å². The maximum atomic E-state index is 12.9. The first-order valence-corrected chi connectivity index (χ1v) is 33.1. The average Bonchev–Trinajstić information content (AvgIpc) is 3.38. The highest BCUT2D eigenvalue weighted by Crippen LogP contribution is 2.45. The summed E-state index contributed by atoms with van der Waals surface area (Å²) >= 11 is 0. The van der Waals surface area contributed by atoms with E-state index < -0.39 is 97.5 Å². The first-order valence-electron chi connectivity index (χ1n) is 30.1. The lowest BCUT2D eigenvalue weighted by molar-refractivity contribution is -0.161. The number of carbonyl (C=O) groups excluding carboxylic acids is 4. The van der Waals surface area contributed by atoms with Crippen LogP contribution in [0.15, 0.2) is 0 Å². The molecule has 0 aliphatic heterocycles. The summed E-state index contributed by atoms with van der Waals surface area (Å²) in [6, 6.07) is 0. The van der Waals surface area contributed by atoms with E-state index in [4.69, 9.17) is 37.0 Å². The molecule has 0 spiro atoms. The largest absolute Gasteiger partial charge is 0.472 e. The van der Waals surface area contributed by atoms with Crippen LogP contribution in [0.4, 0.5) is 0 Å². The maximum Gasteiger partial charge on any atom is 0.472 e. The molecule has 0 radical (unpaired) electrons. The highest BCUT2D eigenvalue weighted by atomic mass is 31.2. The summed E-state index contributed by atoms with van der Waals surface area (Å²) in [7, 11) is -9.86. The maximum absolute atomic E-state index is 12.9. The van der Waals surface area contributed by atoms with E-state index in [0.717, 1.165) is 103 Å².